The summed E-state index contributed by atoms with van der Waals surface area (Å²) in [6, 6.07) is 0. The summed E-state index contributed by atoms with van der Waals surface area (Å²) in [6.45, 7) is 4.58. The summed E-state index contributed by atoms with van der Waals surface area (Å²) in [7, 11) is 4.82. The van der Waals surface area contributed by atoms with E-state index >= 15 is 0 Å². The van der Waals surface area contributed by atoms with Crippen LogP contribution in [0.25, 0.3) is 0 Å². The highest BCUT2D eigenvalue weighted by molar-refractivity contribution is 7.19. The lowest BCUT2D eigenvalue weighted by molar-refractivity contribution is 0.258. The summed E-state index contributed by atoms with van der Waals surface area (Å²) in [5, 5.41) is 0.382. The molecule has 1 aliphatic rings. The van der Waals surface area contributed by atoms with Crippen LogP contribution in [0.1, 0.15) is 52.4 Å². The molecule has 1 saturated carbocycles. The average Bonchev–Trinajstić information content (AvgIpc) is 2.05. The molecule has 0 spiro atoms. The van der Waals surface area contributed by atoms with Gasteiger partial charge in [-0.15, -0.1) is 0 Å². The molecule has 1 heteroatoms. The molecular formula is C10H19P. The van der Waals surface area contributed by atoms with E-state index in [0.29, 0.717) is 5.16 Å². The first-order chi connectivity index (χ1) is 5.23. The van der Waals surface area contributed by atoms with Crippen LogP contribution in [-0.2, 0) is 0 Å². The smallest absolute Gasteiger partial charge is 0.00148 e. The predicted molar refractivity (Wildman–Crippen MR) is 52.2 cm³/mol. The molecule has 0 aliphatic heterocycles. The highest BCUT2D eigenvalue weighted by Crippen LogP contribution is 2.44. The zero-order chi connectivity index (χ0) is 8.32. The fraction of sp³-hybridized carbons (Fsp3) is 1.00. The van der Waals surface area contributed by atoms with Gasteiger partial charge in [0.15, 0.2) is 0 Å². The average molecular weight is 170 g/mol. The zero-order valence-corrected chi connectivity index (χ0v) is 8.66. The van der Waals surface area contributed by atoms with Gasteiger partial charge in [-0.05, 0) is 34.4 Å². The second kappa shape index (κ2) is 3.90. The molecular weight excluding hydrogens is 151 g/mol. The third-order valence-electron chi connectivity index (χ3n) is 3.28. The standard InChI is InChI=1S/C10H19P/c1-3-9-7-5-6-8-10(9,11)4-2/h9H,3-8H2,1-2H3. The molecule has 0 N–H and O–H groups in total. The van der Waals surface area contributed by atoms with Crippen molar-refractivity contribution >= 4 is 9.24 Å². The van der Waals surface area contributed by atoms with Crippen LogP contribution in [0.2, 0.25) is 0 Å². The second-order valence-electron chi connectivity index (χ2n) is 3.81. The lowest BCUT2D eigenvalue weighted by Crippen LogP contribution is -2.33. The van der Waals surface area contributed by atoms with Crippen LogP contribution in [0.4, 0.5) is 0 Å². The molecule has 0 aromatic heterocycles. The van der Waals surface area contributed by atoms with Crippen molar-refractivity contribution in [3.63, 3.8) is 0 Å². The largest absolute Gasteiger partial charge is 0.0651 e. The van der Waals surface area contributed by atoms with E-state index in [1.807, 2.05) is 0 Å². The SMILES string of the molecule is CCC1CCCCC1([P])CC. The predicted octanol–water partition coefficient (Wildman–Crippen LogP) is 4.15. The molecule has 0 saturated heterocycles. The molecule has 0 heterocycles. The Kier molecular flexibility index (Phi) is 3.37. The Morgan fingerprint density at radius 3 is 2.55 bits per heavy atom. The molecule has 1 aliphatic carbocycles. The number of hydrogen-bond acceptors (Lipinski definition) is 0. The van der Waals surface area contributed by atoms with Gasteiger partial charge in [-0.1, -0.05) is 33.1 Å². The van der Waals surface area contributed by atoms with Gasteiger partial charge >= 0.3 is 0 Å². The summed E-state index contributed by atoms with van der Waals surface area (Å²) >= 11 is 0. The van der Waals surface area contributed by atoms with Crippen LogP contribution < -0.4 is 0 Å². The van der Waals surface area contributed by atoms with E-state index in [0.717, 1.165) is 5.92 Å². The fourth-order valence-corrected chi connectivity index (χ4v) is 2.81. The third kappa shape index (κ3) is 1.96. The van der Waals surface area contributed by atoms with Crippen molar-refractivity contribution in [1.29, 1.82) is 0 Å². The van der Waals surface area contributed by atoms with Crippen LogP contribution in [0.3, 0.4) is 0 Å². The lowest BCUT2D eigenvalue weighted by atomic mass is 9.75. The van der Waals surface area contributed by atoms with E-state index in [1.165, 1.54) is 38.5 Å². The number of rotatable bonds is 2. The summed E-state index contributed by atoms with van der Waals surface area (Å²) in [5.74, 6) is 0.879. The zero-order valence-electron chi connectivity index (χ0n) is 7.77. The normalized spacial score (nSPS) is 39.0. The van der Waals surface area contributed by atoms with Gasteiger partial charge < -0.3 is 0 Å². The Bertz CT molecular complexity index is 122. The molecule has 0 aromatic carbocycles. The number of hydrogen-bond donors (Lipinski definition) is 0. The molecule has 1 fully saturated rings. The maximum absolute atomic E-state index is 4.82. The fourth-order valence-electron chi connectivity index (χ4n) is 2.34. The van der Waals surface area contributed by atoms with Crippen LogP contribution in [0, 0.1) is 5.92 Å². The van der Waals surface area contributed by atoms with Crippen molar-refractivity contribution < 1.29 is 0 Å². The Balaban J connectivity index is 2.57. The molecule has 0 aromatic rings. The lowest BCUT2D eigenvalue weighted by Gasteiger charge is -2.39. The van der Waals surface area contributed by atoms with Crippen molar-refractivity contribution in [2.24, 2.45) is 5.92 Å². The molecule has 2 radical (unpaired) electrons. The molecule has 1 rings (SSSR count). The molecule has 11 heavy (non-hydrogen) atoms. The van der Waals surface area contributed by atoms with Gasteiger partial charge in [0, 0.05) is 5.16 Å². The van der Waals surface area contributed by atoms with Crippen molar-refractivity contribution in [1.82, 2.24) is 0 Å². The van der Waals surface area contributed by atoms with Gasteiger partial charge in [0.05, 0.1) is 0 Å². The maximum Gasteiger partial charge on any atom is 0.00148 e. The van der Waals surface area contributed by atoms with Crippen LogP contribution >= 0.6 is 9.24 Å². The monoisotopic (exact) mass is 170 g/mol. The third-order valence-corrected chi connectivity index (χ3v) is 4.18. The van der Waals surface area contributed by atoms with Crippen molar-refractivity contribution in [3.8, 4) is 0 Å². The van der Waals surface area contributed by atoms with E-state index in [1.54, 1.807) is 0 Å². The highest BCUT2D eigenvalue weighted by Gasteiger charge is 2.34. The van der Waals surface area contributed by atoms with Gasteiger partial charge in [0.1, 0.15) is 0 Å². The first-order valence-electron chi connectivity index (χ1n) is 4.95. The van der Waals surface area contributed by atoms with Gasteiger partial charge in [-0.25, -0.2) is 0 Å². The van der Waals surface area contributed by atoms with E-state index in [2.05, 4.69) is 13.8 Å². The Labute approximate surface area is 73.3 Å². The van der Waals surface area contributed by atoms with E-state index < -0.39 is 0 Å². The molecule has 0 amide bonds. The van der Waals surface area contributed by atoms with Crippen molar-refractivity contribution in [3.05, 3.63) is 0 Å². The summed E-state index contributed by atoms with van der Waals surface area (Å²) in [6.07, 6.45) is 8.14. The van der Waals surface area contributed by atoms with Crippen LogP contribution in [0.5, 0.6) is 0 Å². The van der Waals surface area contributed by atoms with Crippen LogP contribution in [0.15, 0.2) is 0 Å². The van der Waals surface area contributed by atoms with E-state index in [4.69, 9.17) is 9.24 Å². The van der Waals surface area contributed by atoms with Gasteiger partial charge in [-0.3, -0.25) is 0 Å². The minimum absolute atomic E-state index is 0.382. The van der Waals surface area contributed by atoms with E-state index in [9.17, 15) is 0 Å². The molecule has 2 atom stereocenters. The minimum Gasteiger partial charge on any atom is -0.0651 e. The van der Waals surface area contributed by atoms with Gasteiger partial charge in [0.25, 0.3) is 0 Å². The highest BCUT2D eigenvalue weighted by atomic mass is 31.0. The molecule has 64 valence electrons. The molecule has 0 bridgehead atoms. The first-order valence-corrected chi connectivity index (χ1v) is 5.40. The summed E-state index contributed by atoms with van der Waals surface area (Å²) in [4.78, 5) is 0. The maximum atomic E-state index is 4.82. The molecule has 2 unspecified atom stereocenters. The summed E-state index contributed by atoms with van der Waals surface area (Å²) in [5.41, 5.74) is 0. The molecule has 0 nitrogen and oxygen atoms in total. The topological polar surface area (TPSA) is 0 Å². The Morgan fingerprint density at radius 2 is 2.09 bits per heavy atom. The van der Waals surface area contributed by atoms with Gasteiger partial charge in [-0.2, -0.15) is 0 Å². The van der Waals surface area contributed by atoms with Crippen LogP contribution in [-0.4, -0.2) is 5.16 Å². The summed E-state index contributed by atoms with van der Waals surface area (Å²) < 4.78 is 0. The minimum atomic E-state index is 0.382. The van der Waals surface area contributed by atoms with Crippen molar-refractivity contribution in [2.45, 2.75) is 57.5 Å². The second-order valence-corrected chi connectivity index (χ2v) is 4.70. The Hall–Kier alpha value is 0.430. The van der Waals surface area contributed by atoms with E-state index in [-0.39, 0.29) is 0 Å². The Morgan fingerprint density at radius 1 is 1.36 bits per heavy atom. The quantitative estimate of drug-likeness (QED) is 0.546. The van der Waals surface area contributed by atoms with Crippen molar-refractivity contribution in [2.75, 3.05) is 0 Å². The van der Waals surface area contributed by atoms with Gasteiger partial charge in [0.2, 0.25) is 0 Å². The first kappa shape index (κ1) is 9.52.